The fourth-order valence-corrected chi connectivity index (χ4v) is 2.02. The van der Waals surface area contributed by atoms with Crippen LogP contribution < -0.4 is 19.5 Å². The van der Waals surface area contributed by atoms with Crippen molar-refractivity contribution >= 4 is 5.69 Å². The minimum Gasteiger partial charge on any atom is -0.496 e. The van der Waals surface area contributed by atoms with Crippen molar-refractivity contribution in [2.45, 2.75) is 12.8 Å². The fourth-order valence-electron chi connectivity index (χ4n) is 2.02. The summed E-state index contributed by atoms with van der Waals surface area (Å²) in [6.45, 7) is 0.920. The third-order valence-electron chi connectivity index (χ3n) is 3.65. The van der Waals surface area contributed by atoms with Crippen LogP contribution in [0.25, 0.3) is 0 Å². The lowest BCUT2D eigenvalue weighted by Gasteiger charge is -2.19. The molecule has 2 N–H and O–H groups in total. The number of ether oxygens (including phenoxy) is 3. The predicted octanol–water partition coefficient (Wildman–Crippen LogP) is 1.90. The van der Waals surface area contributed by atoms with Gasteiger partial charge < -0.3 is 24.6 Å². The minimum atomic E-state index is 0.0238. The number of aliphatic hydroxyl groups is 1. The van der Waals surface area contributed by atoms with Crippen LogP contribution in [0.4, 0.5) is 5.69 Å². The summed E-state index contributed by atoms with van der Waals surface area (Å²) in [6, 6.07) is 3.62. The van der Waals surface area contributed by atoms with Crippen LogP contribution in [0.3, 0.4) is 0 Å². The minimum absolute atomic E-state index is 0.0238. The fraction of sp³-hybridized carbons (Fsp3) is 0.571. The number of hydrogen-bond donors (Lipinski definition) is 2. The molecule has 0 unspecified atom stereocenters. The highest BCUT2D eigenvalue weighted by Gasteiger charge is 2.42. The normalized spacial score (nSPS) is 15.8. The molecule has 5 heteroatoms. The summed E-state index contributed by atoms with van der Waals surface area (Å²) in [7, 11) is 4.82. The summed E-state index contributed by atoms with van der Waals surface area (Å²) in [6.07, 6.45) is 2.11. The van der Waals surface area contributed by atoms with Crippen molar-refractivity contribution in [1.29, 1.82) is 0 Å². The van der Waals surface area contributed by atoms with Gasteiger partial charge in [-0.25, -0.2) is 0 Å². The van der Waals surface area contributed by atoms with E-state index in [2.05, 4.69) is 5.32 Å². The van der Waals surface area contributed by atoms with Crippen LogP contribution in [-0.4, -0.2) is 39.6 Å². The van der Waals surface area contributed by atoms with Gasteiger partial charge >= 0.3 is 0 Å². The van der Waals surface area contributed by atoms with Crippen molar-refractivity contribution in [3.63, 3.8) is 0 Å². The van der Waals surface area contributed by atoms with E-state index < -0.39 is 0 Å². The number of benzene rings is 1. The van der Waals surface area contributed by atoms with Crippen molar-refractivity contribution in [3.05, 3.63) is 12.1 Å². The standard InChI is InChI=1S/C14H21NO4/c1-17-10-6-11(18-2)13(12(7-10)19-3)15-8-14(9-16)4-5-14/h6-7,15-16H,4-5,8-9H2,1-3H3. The largest absolute Gasteiger partial charge is 0.496 e. The molecule has 106 valence electrons. The Labute approximate surface area is 113 Å². The van der Waals surface area contributed by atoms with Gasteiger partial charge in [-0.1, -0.05) is 0 Å². The molecule has 1 aromatic carbocycles. The molecule has 0 aliphatic heterocycles. The number of aliphatic hydroxyl groups excluding tert-OH is 1. The summed E-state index contributed by atoms with van der Waals surface area (Å²) >= 11 is 0. The average molecular weight is 267 g/mol. The predicted molar refractivity (Wildman–Crippen MR) is 73.3 cm³/mol. The number of anilines is 1. The van der Waals surface area contributed by atoms with E-state index in [9.17, 15) is 5.11 Å². The number of methoxy groups -OCH3 is 3. The first-order chi connectivity index (χ1) is 9.18. The Morgan fingerprint density at radius 1 is 1.11 bits per heavy atom. The SMILES string of the molecule is COc1cc(OC)c(NCC2(CO)CC2)c(OC)c1. The second-order valence-corrected chi connectivity index (χ2v) is 4.92. The Bertz CT molecular complexity index is 418. The molecule has 0 radical (unpaired) electrons. The zero-order valence-electron chi connectivity index (χ0n) is 11.7. The average Bonchev–Trinajstić information content (AvgIpc) is 3.24. The quantitative estimate of drug-likeness (QED) is 0.790. The highest BCUT2D eigenvalue weighted by molar-refractivity contribution is 5.69. The Morgan fingerprint density at radius 2 is 1.68 bits per heavy atom. The van der Waals surface area contributed by atoms with E-state index >= 15 is 0 Å². The van der Waals surface area contributed by atoms with Crippen molar-refractivity contribution in [1.82, 2.24) is 0 Å². The molecule has 1 aliphatic rings. The number of nitrogens with one attached hydrogen (secondary N) is 1. The van der Waals surface area contributed by atoms with Crippen LogP contribution in [0.2, 0.25) is 0 Å². The van der Waals surface area contributed by atoms with Crippen LogP contribution in [0.15, 0.2) is 12.1 Å². The number of hydrogen-bond acceptors (Lipinski definition) is 5. The van der Waals surface area contributed by atoms with Gasteiger partial charge in [0, 0.05) is 24.1 Å². The molecule has 0 spiro atoms. The zero-order valence-corrected chi connectivity index (χ0v) is 11.7. The van der Waals surface area contributed by atoms with Gasteiger partial charge in [-0.3, -0.25) is 0 Å². The molecule has 0 saturated heterocycles. The third-order valence-corrected chi connectivity index (χ3v) is 3.65. The van der Waals surface area contributed by atoms with E-state index in [1.54, 1.807) is 21.3 Å². The molecular formula is C14H21NO4. The lowest BCUT2D eigenvalue weighted by atomic mass is 10.1. The molecule has 1 saturated carbocycles. The van der Waals surface area contributed by atoms with Gasteiger partial charge in [-0.15, -0.1) is 0 Å². The monoisotopic (exact) mass is 267 g/mol. The molecular weight excluding hydrogens is 246 g/mol. The smallest absolute Gasteiger partial charge is 0.149 e. The van der Waals surface area contributed by atoms with E-state index in [1.165, 1.54) is 0 Å². The lowest BCUT2D eigenvalue weighted by Crippen LogP contribution is -2.19. The molecule has 1 fully saturated rings. The molecule has 2 rings (SSSR count). The van der Waals surface area contributed by atoms with E-state index in [4.69, 9.17) is 14.2 Å². The van der Waals surface area contributed by atoms with Gasteiger partial charge in [0.2, 0.25) is 0 Å². The number of rotatable bonds is 7. The Kier molecular flexibility index (Phi) is 4.04. The Morgan fingerprint density at radius 3 is 2.05 bits per heavy atom. The molecule has 0 bridgehead atoms. The van der Waals surface area contributed by atoms with Gasteiger partial charge in [-0.05, 0) is 12.8 Å². The van der Waals surface area contributed by atoms with Crippen LogP contribution in [-0.2, 0) is 0 Å². The molecule has 0 amide bonds. The zero-order chi connectivity index (χ0) is 13.9. The van der Waals surface area contributed by atoms with E-state index in [1.807, 2.05) is 12.1 Å². The van der Waals surface area contributed by atoms with Crippen LogP contribution >= 0.6 is 0 Å². The second kappa shape index (κ2) is 5.57. The van der Waals surface area contributed by atoms with Crippen LogP contribution in [0.5, 0.6) is 17.2 Å². The summed E-state index contributed by atoms with van der Waals surface area (Å²) in [5.74, 6) is 2.03. The van der Waals surface area contributed by atoms with Crippen molar-refractivity contribution in [3.8, 4) is 17.2 Å². The maximum atomic E-state index is 9.35. The Balaban J connectivity index is 2.21. The molecule has 0 aromatic heterocycles. The second-order valence-electron chi connectivity index (χ2n) is 4.92. The van der Waals surface area contributed by atoms with Crippen molar-refractivity contribution < 1.29 is 19.3 Å². The van der Waals surface area contributed by atoms with Gasteiger partial charge in [0.05, 0.1) is 27.9 Å². The van der Waals surface area contributed by atoms with Crippen LogP contribution in [0, 0.1) is 5.41 Å². The summed E-state index contributed by atoms with van der Waals surface area (Å²) in [5, 5.41) is 12.7. The maximum absolute atomic E-state index is 9.35. The lowest BCUT2D eigenvalue weighted by molar-refractivity contribution is 0.219. The highest BCUT2D eigenvalue weighted by Crippen LogP contribution is 2.46. The van der Waals surface area contributed by atoms with E-state index in [-0.39, 0.29) is 12.0 Å². The van der Waals surface area contributed by atoms with Gasteiger partial charge in [0.25, 0.3) is 0 Å². The first-order valence-corrected chi connectivity index (χ1v) is 6.33. The maximum Gasteiger partial charge on any atom is 0.149 e. The van der Waals surface area contributed by atoms with E-state index in [0.29, 0.717) is 23.8 Å². The van der Waals surface area contributed by atoms with Crippen molar-refractivity contribution in [2.75, 3.05) is 39.8 Å². The summed E-state index contributed by atoms with van der Waals surface area (Å²) < 4.78 is 15.9. The van der Waals surface area contributed by atoms with Crippen LogP contribution in [0.1, 0.15) is 12.8 Å². The van der Waals surface area contributed by atoms with Crippen molar-refractivity contribution in [2.24, 2.45) is 5.41 Å². The third kappa shape index (κ3) is 2.87. The van der Waals surface area contributed by atoms with Gasteiger partial charge in [0.1, 0.15) is 22.9 Å². The molecule has 1 aliphatic carbocycles. The van der Waals surface area contributed by atoms with E-state index in [0.717, 1.165) is 18.5 Å². The summed E-state index contributed by atoms with van der Waals surface area (Å²) in [5.41, 5.74) is 0.821. The topological polar surface area (TPSA) is 60.0 Å². The van der Waals surface area contributed by atoms with Gasteiger partial charge in [-0.2, -0.15) is 0 Å². The Hall–Kier alpha value is -1.62. The first kappa shape index (κ1) is 13.8. The summed E-state index contributed by atoms with van der Waals surface area (Å²) in [4.78, 5) is 0. The van der Waals surface area contributed by atoms with Gasteiger partial charge in [0.15, 0.2) is 0 Å². The molecule has 0 atom stereocenters. The first-order valence-electron chi connectivity index (χ1n) is 6.33. The highest BCUT2D eigenvalue weighted by atomic mass is 16.5. The molecule has 1 aromatic rings. The molecule has 5 nitrogen and oxygen atoms in total. The molecule has 0 heterocycles. The molecule has 19 heavy (non-hydrogen) atoms.